The third-order valence-corrected chi connectivity index (χ3v) is 4.73. The summed E-state index contributed by atoms with van der Waals surface area (Å²) in [4.78, 5) is 28.2. The number of halogens is 1. The summed E-state index contributed by atoms with van der Waals surface area (Å²) in [5.41, 5.74) is 1.24. The number of nitrogens with one attached hydrogen (secondary N) is 2. The SMILES string of the molecule is O=C(NCc1cc(Br)c2c(c1)OCO2)C(=O)Nc1ccc(Oc2ccncc2)cc1. The molecule has 1 aliphatic heterocycles. The van der Waals surface area contributed by atoms with Gasteiger partial charge in [-0.25, -0.2) is 0 Å². The molecule has 1 aliphatic rings. The van der Waals surface area contributed by atoms with Gasteiger partial charge in [0.2, 0.25) is 6.79 Å². The number of aromatic nitrogens is 1. The van der Waals surface area contributed by atoms with E-state index in [0.717, 1.165) is 10.0 Å². The van der Waals surface area contributed by atoms with Gasteiger partial charge in [-0.1, -0.05) is 0 Å². The highest BCUT2D eigenvalue weighted by molar-refractivity contribution is 9.10. The molecule has 4 rings (SSSR count). The number of rotatable bonds is 5. The third kappa shape index (κ3) is 4.69. The molecule has 1 aromatic heterocycles. The van der Waals surface area contributed by atoms with Crippen LogP contribution in [0.2, 0.25) is 0 Å². The number of ether oxygens (including phenoxy) is 3. The normalized spacial score (nSPS) is 11.6. The van der Waals surface area contributed by atoms with Gasteiger partial charge >= 0.3 is 11.8 Å². The molecule has 0 radical (unpaired) electrons. The number of fused-ring (bicyclic) bond motifs is 1. The molecule has 2 aromatic carbocycles. The minimum absolute atomic E-state index is 0.151. The van der Waals surface area contributed by atoms with Gasteiger partial charge in [0.1, 0.15) is 11.5 Å². The van der Waals surface area contributed by atoms with Gasteiger partial charge in [-0.15, -0.1) is 0 Å². The van der Waals surface area contributed by atoms with Crippen molar-refractivity contribution in [1.29, 1.82) is 0 Å². The first-order chi connectivity index (χ1) is 14.6. The third-order valence-electron chi connectivity index (χ3n) is 4.14. The average molecular weight is 470 g/mol. The highest BCUT2D eigenvalue weighted by Crippen LogP contribution is 2.39. The maximum Gasteiger partial charge on any atom is 0.313 e. The summed E-state index contributed by atoms with van der Waals surface area (Å²) in [7, 11) is 0. The molecule has 0 aliphatic carbocycles. The number of benzene rings is 2. The quantitative estimate of drug-likeness (QED) is 0.553. The van der Waals surface area contributed by atoms with E-state index in [9.17, 15) is 9.59 Å². The molecule has 2 heterocycles. The van der Waals surface area contributed by atoms with Crippen molar-refractivity contribution >= 4 is 33.4 Å². The molecule has 0 saturated heterocycles. The predicted molar refractivity (Wildman–Crippen MR) is 111 cm³/mol. The van der Waals surface area contributed by atoms with Crippen LogP contribution < -0.4 is 24.8 Å². The first kappa shape index (κ1) is 19.7. The zero-order valence-electron chi connectivity index (χ0n) is 15.6. The van der Waals surface area contributed by atoms with Crippen molar-refractivity contribution in [2.75, 3.05) is 12.1 Å². The highest BCUT2D eigenvalue weighted by Gasteiger charge is 2.19. The topological polar surface area (TPSA) is 98.8 Å². The summed E-state index contributed by atoms with van der Waals surface area (Å²) in [6.07, 6.45) is 3.26. The number of hydrogen-bond acceptors (Lipinski definition) is 6. The van der Waals surface area contributed by atoms with Crippen LogP contribution in [0, 0.1) is 0 Å². The fraction of sp³-hybridized carbons (Fsp3) is 0.0952. The summed E-state index contributed by atoms with van der Waals surface area (Å²) >= 11 is 3.39. The van der Waals surface area contributed by atoms with Crippen LogP contribution in [0.25, 0.3) is 0 Å². The molecule has 8 nitrogen and oxygen atoms in total. The molecule has 0 spiro atoms. The van der Waals surface area contributed by atoms with Gasteiger partial charge in [-0.05, 0) is 70.0 Å². The molecule has 0 fully saturated rings. The molecule has 2 amide bonds. The summed E-state index contributed by atoms with van der Waals surface area (Å²) in [5.74, 6) is 0.943. The minimum Gasteiger partial charge on any atom is -0.457 e. The molecule has 152 valence electrons. The Kier molecular flexibility index (Phi) is 5.80. The average Bonchev–Trinajstić information content (AvgIpc) is 3.23. The number of carbonyl (C=O) groups excluding carboxylic acids is 2. The number of anilines is 1. The maximum atomic E-state index is 12.1. The van der Waals surface area contributed by atoms with Crippen LogP contribution in [0.15, 0.2) is 65.4 Å². The van der Waals surface area contributed by atoms with Crippen LogP contribution in [0.1, 0.15) is 5.56 Å². The molecular formula is C21H16BrN3O5. The van der Waals surface area contributed by atoms with Gasteiger partial charge in [0.15, 0.2) is 11.5 Å². The summed E-state index contributed by atoms with van der Waals surface area (Å²) < 4.78 is 17.0. The summed E-state index contributed by atoms with van der Waals surface area (Å²) in [6, 6.07) is 13.7. The van der Waals surface area contributed by atoms with Gasteiger partial charge in [0, 0.05) is 24.6 Å². The van der Waals surface area contributed by atoms with Gasteiger partial charge in [0.05, 0.1) is 4.47 Å². The fourth-order valence-electron chi connectivity index (χ4n) is 2.72. The smallest absolute Gasteiger partial charge is 0.313 e. The second kappa shape index (κ2) is 8.83. The molecule has 0 atom stereocenters. The maximum absolute atomic E-state index is 12.1. The Morgan fingerprint density at radius 1 is 1.00 bits per heavy atom. The number of amides is 2. The molecule has 2 N–H and O–H groups in total. The van der Waals surface area contributed by atoms with Crippen molar-refractivity contribution in [3.05, 3.63) is 71.0 Å². The largest absolute Gasteiger partial charge is 0.457 e. The van der Waals surface area contributed by atoms with Crippen molar-refractivity contribution in [2.24, 2.45) is 0 Å². The van der Waals surface area contributed by atoms with Crippen LogP contribution in [0.5, 0.6) is 23.0 Å². The van der Waals surface area contributed by atoms with Crippen LogP contribution in [0.3, 0.4) is 0 Å². The van der Waals surface area contributed by atoms with E-state index in [4.69, 9.17) is 14.2 Å². The van der Waals surface area contributed by atoms with Crippen molar-refractivity contribution in [2.45, 2.75) is 6.54 Å². The minimum atomic E-state index is -0.766. The predicted octanol–water partition coefficient (Wildman–Crippen LogP) is 3.62. The lowest BCUT2D eigenvalue weighted by atomic mass is 10.2. The Morgan fingerprint density at radius 2 is 1.73 bits per heavy atom. The summed E-state index contributed by atoms with van der Waals surface area (Å²) in [5, 5.41) is 5.13. The summed E-state index contributed by atoms with van der Waals surface area (Å²) in [6.45, 7) is 0.318. The standard InChI is InChI=1S/C21H16BrN3O5/c22-17-9-13(10-18-19(17)29-12-28-18)11-24-20(26)21(27)25-14-1-3-15(4-2-14)30-16-5-7-23-8-6-16/h1-10H,11-12H2,(H,24,26)(H,25,27). The van der Waals surface area contributed by atoms with Crippen molar-refractivity contribution in [1.82, 2.24) is 10.3 Å². The molecule has 30 heavy (non-hydrogen) atoms. The Hall–Kier alpha value is -3.59. The van der Waals surface area contributed by atoms with E-state index in [2.05, 4.69) is 31.5 Å². The van der Waals surface area contributed by atoms with E-state index in [1.807, 2.05) is 0 Å². The Labute approximate surface area is 180 Å². The van der Waals surface area contributed by atoms with Gasteiger partial charge < -0.3 is 24.8 Å². The Bertz CT molecular complexity index is 1070. The molecular weight excluding hydrogens is 454 g/mol. The van der Waals surface area contributed by atoms with Crippen LogP contribution >= 0.6 is 15.9 Å². The van der Waals surface area contributed by atoms with Crippen molar-refractivity contribution in [3.8, 4) is 23.0 Å². The second-order valence-electron chi connectivity index (χ2n) is 6.26. The Morgan fingerprint density at radius 3 is 2.50 bits per heavy atom. The zero-order valence-corrected chi connectivity index (χ0v) is 17.1. The lowest BCUT2D eigenvalue weighted by Gasteiger charge is -2.09. The number of pyridine rings is 1. The molecule has 0 unspecified atom stereocenters. The second-order valence-corrected chi connectivity index (χ2v) is 7.11. The highest BCUT2D eigenvalue weighted by atomic mass is 79.9. The van der Waals surface area contributed by atoms with E-state index in [1.54, 1.807) is 60.9 Å². The van der Waals surface area contributed by atoms with E-state index in [-0.39, 0.29) is 13.3 Å². The molecule has 9 heteroatoms. The molecule has 0 saturated carbocycles. The molecule has 0 bridgehead atoms. The lowest BCUT2D eigenvalue weighted by Crippen LogP contribution is -2.34. The van der Waals surface area contributed by atoms with Gasteiger partial charge in [0.25, 0.3) is 0 Å². The Balaban J connectivity index is 1.30. The van der Waals surface area contributed by atoms with Gasteiger partial charge in [-0.2, -0.15) is 0 Å². The van der Waals surface area contributed by atoms with Gasteiger partial charge in [-0.3, -0.25) is 14.6 Å². The van der Waals surface area contributed by atoms with Crippen LogP contribution in [-0.4, -0.2) is 23.6 Å². The monoisotopic (exact) mass is 469 g/mol. The first-order valence-electron chi connectivity index (χ1n) is 8.93. The van der Waals surface area contributed by atoms with Crippen molar-refractivity contribution < 1.29 is 23.8 Å². The van der Waals surface area contributed by atoms with Crippen LogP contribution in [-0.2, 0) is 16.1 Å². The first-order valence-corrected chi connectivity index (χ1v) is 9.73. The number of nitrogens with zero attached hydrogens (tertiary/aromatic N) is 1. The van der Waals surface area contributed by atoms with E-state index in [1.165, 1.54) is 0 Å². The van der Waals surface area contributed by atoms with E-state index < -0.39 is 11.8 Å². The van der Waals surface area contributed by atoms with E-state index >= 15 is 0 Å². The van der Waals surface area contributed by atoms with E-state index in [0.29, 0.717) is 28.7 Å². The van der Waals surface area contributed by atoms with Crippen LogP contribution in [0.4, 0.5) is 5.69 Å². The molecule has 3 aromatic rings. The number of carbonyl (C=O) groups is 2. The zero-order chi connectivity index (χ0) is 20.9. The van der Waals surface area contributed by atoms with Crippen molar-refractivity contribution in [3.63, 3.8) is 0 Å². The fourth-order valence-corrected chi connectivity index (χ4v) is 3.33. The number of hydrogen-bond donors (Lipinski definition) is 2. The lowest BCUT2D eigenvalue weighted by molar-refractivity contribution is -0.136.